The van der Waals surface area contributed by atoms with Gasteiger partial charge in [-0.05, 0) is 30.0 Å². The van der Waals surface area contributed by atoms with Crippen LogP contribution in [0.1, 0.15) is 40.0 Å². The first-order valence-electron chi connectivity index (χ1n) is 10.7. The summed E-state index contributed by atoms with van der Waals surface area (Å²) in [6.45, 7) is 1.05. The third-order valence-electron chi connectivity index (χ3n) is 6.39. The van der Waals surface area contributed by atoms with Crippen LogP contribution in [0.2, 0.25) is 0 Å². The molecule has 2 aliphatic rings. The lowest BCUT2D eigenvalue weighted by molar-refractivity contribution is 0.0745. The van der Waals surface area contributed by atoms with Crippen molar-refractivity contribution in [2.45, 2.75) is 23.7 Å². The van der Waals surface area contributed by atoms with E-state index in [0.717, 1.165) is 33.2 Å². The molecule has 0 unspecified atom stereocenters. The molecule has 1 N–H and O–H groups in total. The second kappa shape index (κ2) is 7.41. The van der Waals surface area contributed by atoms with E-state index in [1.54, 1.807) is 18.6 Å². The molecule has 1 fully saturated rings. The Morgan fingerprint density at radius 3 is 2.76 bits per heavy atom. The number of sulfone groups is 1. The fourth-order valence-electron chi connectivity index (χ4n) is 4.81. The van der Waals surface area contributed by atoms with Gasteiger partial charge in [-0.1, -0.05) is 29.8 Å². The summed E-state index contributed by atoms with van der Waals surface area (Å²) in [4.78, 5) is 26.7. The smallest absolute Gasteiger partial charge is 0.257 e. The van der Waals surface area contributed by atoms with E-state index in [4.69, 9.17) is 4.42 Å². The molecule has 6 rings (SSSR count). The van der Waals surface area contributed by atoms with E-state index in [9.17, 15) is 13.2 Å². The molecule has 5 heterocycles. The van der Waals surface area contributed by atoms with Crippen LogP contribution in [0.4, 0.5) is 0 Å². The Morgan fingerprint density at radius 1 is 1.09 bits per heavy atom. The van der Waals surface area contributed by atoms with Crippen LogP contribution in [0.3, 0.4) is 0 Å². The number of rotatable bonds is 1. The van der Waals surface area contributed by atoms with Gasteiger partial charge in [0.1, 0.15) is 5.69 Å². The highest BCUT2D eigenvalue weighted by atomic mass is 32.2. The molecule has 3 aromatic heterocycles. The SMILES string of the molecule is O=C(c1cncc2cc[nH]c12)N1CCC(=C2c3ccccc3CS(=O)(=O)c3ocnc32)CC1. The molecular weight excluding hydrogens is 440 g/mol. The maximum Gasteiger partial charge on any atom is 0.257 e. The molecule has 8 nitrogen and oxygen atoms in total. The number of fused-ring (bicyclic) bond motifs is 3. The molecule has 1 aromatic carbocycles. The molecule has 0 radical (unpaired) electrons. The van der Waals surface area contributed by atoms with E-state index >= 15 is 0 Å². The number of oxazole rings is 1. The van der Waals surface area contributed by atoms with Gasteiger partial charge in [0, 0.05) is 42.6 Å². The zero-order chi connectivity index (χ0) is 22.6. The van der Waals surface area contributed by atoms with Crippen molar-refractivity contribution in [3.63, 3.8) is 0 Å². The molecule has 33 heavy (non-hydrogen) atoms. The summed E-state index contributed by atoms with van der Waals surface area (Å²) in [6.07, 6.45) is 7.57. The maximum atomic E-state index is 13.2. The number of H-pyrrole nitrogens is 1. The minimum absolute atomic E-state index is 0.0643. The quantitative estimate of drug-likeness (QED) is 0.465. The molecule has 0 spiro atoms. The van der Waals surface area contributed by atoms with E-state index in [2.05, 4.69) is 15.0 Å². The Bertz CT molecular complexity index is 1540. The van der Waals surface area contributed by atoms with Crippen molar-refractivity contribution in [1.29, 1.82) is 0 Å². The van der Waals surface area contributed by atoms with Crippen molar-refractivity contribution in [3.05, 3.63) is 83.3 Å². The number of nitrogens with zero attached hydrogens (tertiary/aromatic N) is 3. The van der Waals surface area contributed by atoms with Crippen LogP contribution in [0.5, 0.6) is 0 Å². The van der Waals surface area contributed by atoms with Crippen molar-refractivity contribution in [2.24, 2.45) is 0 Å². The highest BCUT2D eigenvalue weighted by molar-refractivity contribution is 7.90. The van der Waals surface area contributed by atoms with Crippen LogP contribution in [-0.4, -0.2) is 47.3 Å². The van der Waals surface area contributed by atoms with Crippen LogP contribution in [0, 0.1) is 0 Å². The average molecular weight is 461 g/mol. The first kappa shape index (κ1) is 19.9. The van der Waals surface area contributed by atoms with Crippen LogP contribution < -0.4 is 0 Å². The zero-order valence-corrected chi connectivity index (χ0v) is 18.4. The van der Waals surface area contributed by atoms with Crippen molar-refractivity contribution >= 4 is 32.2 Å². The number of hydrogen-bond donors (Lipinski definition) is 1. The van der Waals surface area contributed by atoms with Gasteiger partial charge < -0.3 is 14.3 Å². The molecule has 9 heteroatoms. The van der Waals surface area contributed by atoms with Crippen molar-refractivity contribution < 1.29 is 17.6 Å². The molecule has 0 bridgehead atoms. The van der Waals surface area contributed by atoms with E-state index in [-0.39, 0.29) is 16.8 Å². The predicted molar refractivity (Wildman–Crippen MR) is 121 cm³/mol. The van der Waals surface area contributed by atoms with E-state index in [0.29, 0.717) is 37.2 Å². The lowest BCUT2D eigenvalue weighted by Crippen LogP contribution is -2.36. The summed E-state index contributed by atoms with van der Waals surface area (Å²) in [5, 5.41) is 0.819. The third-order valence-corrected chi connectivity index (χ3v) is 7.94. The Kier molecular flexibility index (Phi) is 4.48. The maximum absolute atomic E-state index is 13.2. The number of amides is 1. The average Bonchev–Trinajstić information content (AvgIpc) is 3.49. The molecule has 0 saturated carbocycles. The largest absolute Gasteiger partial charge is 0.431 e. The molecule has 0 atom stereocenters. The van der Waals surface area contributed by atoms with Gasteiger partial charge >= 0.3 is 0 Å². The lowest BCUT2D eigenvalue weighted by atomic mass is 9.89. The Balaban J connectivity index is 1.38. The summed E-state index contributed by atoms with van der Waals surface area (Å²) in [5.74, 6) is -0.189. The Morgan fingerprint density at radius 2 is 1.91 bits per heavy atom. The first-order valence-corrected chi connectivity index (χ1v) is 12.4. The summed E-state index contributed by atoms with van der Waals surface area (Å²) < 4.78 is 31.2. The highest BCUT2D eigenvalue weighted by Crippen LogP contribution is 2.40. The number of carbonyl (C=O) groups is 1. The summed E-state index contributed by atoms with van der Waals surface area (Å²) in [6, 6.07) is 9.41. The molecular formula is C24H20N4O4S. The minimum atomic E-state index is -3.63. The van der Waals surface area contributed by atoms with Crippen molar-refractivity contribution in [1.82, 2.24) is 19.9 Å². The van der Waals surface area contributed by atoms with Crippen LogP contribution >= 0.6 is 0 Å². The molecule has 0 aliphatic carbocycles. The summed E-state index contributed by atoms with van der Waals surface area (Å²) >= 11 is 0. The first-order chi connectivity index (χ1) is 16.0. The van der Waals surface area contributed by atoms with Crippen LogP contribution in [0.15, 0.2) is 70.4 Å². The monoisotopic (exact) mass is 460 g/mol. The number of benzene rings is 1. The van der Waals surface area contributed by atoms with Gasteiger partial charge in [0.05, 0.1) is 16.8 Å². The number of nitrogens with one attached hydrogen (secondary N) is 1. The van der Waals surface area contributed by atoms with Crippen LogP contribution in [0.25, 0.3) is 16.5 Å². The lowest BCUT2D eigenvalue weighted by Gasteiger charge is -2.30. The number of hydrogen-bond acceptors (Lipinski definition) is 6. The fraction of sp³-hybridized carbons (Fsp3) is 0.208. The Hall–Kier alpha value is -3.72. The zero-order valence-electron chi connectivity index (χ0n) is 17.6. The summed E-state index contributed by atoms with van der Waals surface area (Å²) in [5.41, 5.74) is 5.20. The highest BCUT2D eigenvalue weighted by Gasteiger charge is 2.34. The number of aromatic amines is 1. The second-order valence-corrected chi connectivity index (χ2v) is 10.2. The van der Waals surface area contributed by atoms with Gasteiger partial charge in [-0.3, -0.25) is 9.78 Å². The number of aromatic nitrogens is 3. The van der Waals surface area contributed by atoms with Crippen molar-refractivity contribution in [3.8, 4) is 0 Å². The number of piperidine rings is 1. The van der Waals surface area contributed by atoms with Gasteiger partial charge in [0.2, 0.25) is 14.9 Å². The molecule has 2 aliphatic heterocycles. The number of pyridine rings is 1. The minimum Gasteiger partial charge on any atom is -0.431 e. The van der Waals surface area contributed by atoms with Crippen LogP contribution in [-0.2, 0) is 15.6 Å². The molecule has 4 aromatic rings. The number of likely N-dealkylation sites (tertiary alicyclic amines) is 1. The van der Waals surface area contributed by atoms with Gasteiger partial charge in [0.25, 0.3) is 5.91 Å². The molecule has 166 valence electrons. The Labute approximate surface area is 189 Å². The number of carbonyl (C=O) groups excluding carboxylic acids is 1. The van der Waals surface area contributed by atoms with E-state index in [1.165, 1.54) is 6.39 Å². The fourth-order valence-corrected chi connectivity index (χ4v) is 6.24. The van der Waals surface area contributed by atoms with Gasteiger partial charge in [0.15, 0.2) is 6.39 Å². The standard InChI is InChI=1S/C24H20N4O4S/c29-23(19-12-25-11-16-5-8-26-21(16)19)28-9-6-15(7-10-28)20-18-4-2-1-3-17(18)13-33(30,31)24-22(20)27-14-32-24/h1-5,8,11-12,14,26H,6-7,9-10,13H2. The topological polar surface area (TPSA) is 109 Å². The molecule has 1 amide bonds. The van der Waals surface area contributed by atoms with Gasteiger partial charge in [-0.15, -0.1) is 0 Å². The normalized spacial score (nSPS) is 17.5. The van der Waals surface area contributed by atoms with Crippen molar-refractivity contribution in [2.75, 3.05) is 13.1 Å². The summed E-state index contributed by atoms with van der Waals surface area (Å²) in [7, 11) is -3.63. The third kappa shape index (κ3) is 3.19. The second-order valence-electron chi connectivity index (χ2n) is 8.30. The van der Waals surface area contributed by atoms with Gasteiger partial charge in [-0.25, -0.2) is 13.4 Å². The van der Waals surface area contributed by atoms with Gasteiger partial charge in [-0.2, -0.15) is 0 Å². The predicted octanol–water partition coefficient (Wildman–Crippen LogP) is 3.58. The van der Waals surface area contributed by atoms with E-state index in [1.807, 2.05) is 35.2 Å². The molecule has 1 saturated heterocycles. The van der Waals surface area contributed by atoms with E-state index < -0.39 is 9.84 Å².